The van der Waals surface area contributed by atoms with Gasteiger partial charge in [-0.15, -0.1) is 0 Å². The molecule has 18 N–H and O–H groups in total. The molecule has 0 aromatic rings. The molecule has 0 aliphatic heterocycles. The first-order chi connectivity index (χ1) is 0. The molecule has 19 heteroatoms. The first-order valence-corrected chi connectivity index (χ1v) is 0. The molecule has 0 spiro atoms. The molecule has 0 bridgehead atoms. The van der Waals surface area contributed by atoms with Gasteiger partial charge in [-0.25, -0.2) is 0 Å². The zero-order valence-electron chi connectivity index (χ0n) is 10.3. The van der Waals surface area contributed by atoms with Crippen LogP contribution in [-0.2, 0) is 91.0 Å². The van der Waals surface area contributed by atoms with Gasteiger partial charge in [0, 0.05) is 52.1 Å². The van der Waals surface area contributed by atoms with Gasteiger partial charge >= 0.3 is 142 Å². The van der Waals surface area contributed by atoms with Gasteiger partial charge in [0.15, 0.2) is 0 Å². The van der Waals surface area contributed by atoms with Crippen molar-refractivity contribution in [2.75, 3.05) is 0 Å². The Morgan fingerprint density at radius 2 is 0.263 bits per heavy atom. The van der Waals surface area contributed by atoms with Crippen LogP contribution in [0.5, 0.6) is 0 Å². The van der Waals surface area contributed by atoms with Crippen molar-refractivity contribution in [3.05, 3.63) is 0 Å². The molecule has 0 radical (unpaired) electrons. The minimum Gasteiger partial charge on any atom is -0.870 e. The topological polar surface area (TPSA) is 369 Å². The summed E-state index contributed by atoms with van der Waals surface area (Å²) < 4.78 is 0. The maximum absolute atomic E-state index is 0. The van der Waals surface area contributed by atoms with Gasteiger partial charge in [0.2, 0.25) is 0 Å². The molecule has 0 unspecified atom stereocenters. The van der Waals surface area contributed by atoms with E-state index in [9.17, 15) is 0 Å². The summed E-state index contributed by atoms with van der Waals surface area (Å²) in [5, 5.41) is 0. The molecular formula is H18Cr3K2O12Zn2. The van der Waals surface area contributed by atoms with Crippen molar-refractivity contribution in [1.82, 2.24) is 0 Å². The van der Waals surface area contributed by atoms with Crippen LogP contribution < -0.4 is 103 Å². The summed E-state index contributed by atoms with van der Waals surface area (Å²) in [6.07, 6.45) is 0. The third kappa shape index (κ3) is 348. The van der Waals surface area contributed by atoms with Gasteiger partial charge in [-0.3, -0.25) is 0 Å². The average Bonchev–Trinajstić information content (AvgIpc) is 0. The fraction of sp³-hybridized carbons (Fsp3) is 0. The van der Waals surface area contributed by atoms with E-state index in [1.54, 1.807) is 0 Å². The normalized spacial score (nSPS) is 0. The Hall–Kier alpha value is 5.64. The zero-order chi connectivity index (χ0) is 0. The van der Waals surface area contributed by atoms with Gasteiger partial charge in [-0.1, -0.05) is 0 Å². The maximum Gasteiger partial charge on any atom is 2.00 e. The summed E-state index contributed by atoms with van der Waals surface area (Å²) in [4.78, 5) is 0. The van der Waals surface area contributed by atoms with Crippen molar-refractivity contribution in [2.24, 2.45) is 0 Å². The van der Waals surface area contributed by atoms with Gasteiger partial charge in [0.05, 0.1) is 0 Å². The van der Waals surface area contributed by atoms with Crippen molar-refractivity contribution in [2.45, 2.75) is 0 Å². The van der Waals surface area contributed by atoms with Crippen molar-refractivity contribution in [3.8, 4) is 0 Å². The van der Waals surface area contributed by atoms with Crippen LogP contribution in [0.1, 0.15) is 0 Å². The summed E-state index contributed by atoms with van der Waals surface area (Å²) in [5.74, 6) is 0. The van der Waals surface area contributed by atoms with E-state index in [1.165, 1.54) is 0 Å². The first kappa shape index (κ1) is 433. The van der Waals surface area contributed by atoms with Crippen molar-refractivity contribution >= 4 is 0 Å². The molecule has 19 heavy (non-hydrogen) atoms. The van der Waals surface area contributed by atoms with Crippen molar-refractivity contribution in [3.63, 3.8) is 0 Å². The quantitative estimate of drug-likeness (QED) is 0.252. The van der Waals surface area contributed by atoms with Gasteiger partial charge in [-0.05, 0) is 0 Å². The molecule has 0 aromatic heterocycles. The minimum absolute atomic E-state index is 0. The molecule has 0 fully saturated rings. The fourth-order valence-electron chi connectivity index (χ4n) is 0. The Balaban J connectivity index is 0. The Morgan fingerprint density at radius 3 is 0.263 bits per heavy atom. The van der Waals surface area contributed by atoms with Crippen LogP contribution in [0.4, 0.5) is 0 Å². The van der Waals surface area contributed by atoms with E-state index in [0.717, 1.165) is 0 Å². The largest absolute Gasteiger partial charge is 2.00 e. The second-order valence-electron chi connectivity index (χ2n) is 0. The number of rotatable bonds is 0. The van der Waals surface area contributed by atoms with E-state index in [4.69, 9.17) is 0 Å². The summed E-state index contributed by atoms with van der Waals surface area (Å²) in [6, 6.07) is 0. The van der Waals surface area contributed by atoms with E-state index >= 15 is 0 Å². The van der Waals surface area contributed by atoms with E-state index < -0.39 is 0 Å². The fourth-order valence-corrected chi connectivity index (χ4v) is 0. The van der Waals surface area contributed by atoms with Gasteiger partial charge in [0.25, 0.3) is 0 Å². The molecule has 0 aliphatic carbocycles. The second kappa shape index (κ2) is 381. The molecule has 0 saturated carbocycles. The Labute approximate surface area is 253 Å². The molecule has 0 heterocycles. The van der Waals surface area contributed by atoms with Crippen LogP contribution in [-0.4, -0.2) is 65.7 Å². The van der Waals surface area contributed by atoms with Crippen LogP contribution in [0.15, 0.2) is 0 Å². The van der Waals surface area contributed by atoms with Crippen molar-refractivity contribution in [1.29, 1.82) is 0 Å². The Morgan fingerprint density at radius 1 is 0.263 bits per heavy atom. The van der Waals surface area contributed by atoms with Crippen LogP contribution in [0.3, 0.4) is 0 Å². The molecule has 12 nitrogen and oxygen atoms in total. The average molecular weight is 575 g/mol. The Kier molecular flexibility index (Phi) is 8690. The van der Waals surface area contributed by atoms with E-state index in [1.807, 2.05) is 0 Å². The summed E-state index contributed by atoms with van der Waals surface area (Å²) >= 11 is 0. The molecule has 0 saturated heterocycles. The molecule has 0 aromatic carbocycles. The van der Waals surface area contributed by atoms with Crippen LogP contribution >= 0.6 is 0 Å². The Bertz CT molecular complexity index is 28.9. The van der Waals surface area contributed by atoms with Gasteiger partial charge in [0.1, 0.15) is 0 Å². The molecule has 114 valence electrons. The minimum atomic E-state index is 0. The summed E-state index contributed by atoms with van der Waals surface area (Å²) in [6.45, 7) is 0. The van der Waals surface area contributed by atoms with Crippen LogP contribution in [0, 0.1) is 0 Å². The van der Waals surface area contributed by atoms with Gasteiger partial charge in [-0.2, -0.15) is 0 Å². The van der Waals surface area contributed by atoms with E-state index in [-0.39, 0.29) is 260 Å². The number of hydrogen-bond donors (Lipinski definition) is 0. The molecule has 0 rings (SSSR count). The van der Waals surface area contributed by atoms with Crippen LogP contribution in [0.25, 0.3) is 0 Å². The maximum atomic E-state index is 0. The predicted octanol–water partition coefficient (Wildman–Crippen LogP) is -12.0. The van der Waals surface area contributed by atoms with Crippen LogP contribution in [0.2, 0.25) is 0 Å². The van der Waals surface area contributed by atoms with E-state index in [0.29, 0.717) is 0 Å². The summed E-state index contributed by atoms with van der Waals surface area (Å²) in [5.41, 5.74) is 0. The third-order valence-electron chi connectivity index (χ3n) is 0. The van der Waals surface area contributed by atoms with Gasteiger partial charge < -0.3 is 65.7 Å². The second-order valence-corrected chi connectivity index (χ2v) is 0. The molecule has 0 atom stereocenters. The molecular weight excluding hydrogens is 557 g/mol. The summed E-state index contributed by atoms with van der Waals surface area (Å²) in [7, 11) is 0. The SMILES string of the molecule is O.O.O.O.O.O.[Cr].[Cr].[Cr].[K+].[K+].[OH-].[OH-].[OH-].[OH-].[OH-].[OH-].[Zn+2].[Zn+2]. The van der Waals surface area contributed by atoms with Crippen molar-refractivity contribution < 1.29 is 260 Å². The molecule has 0 aliphatic rings. The standard InChI is InChI=1S/3Cr.2K.12H2O.2Zn/h;;;;;12*1H2;;/q;;;2*+1;;;;;;;;;;;;;2*+2/p-6. The predicted molar refractivity (Wildman–Crippen MR) is 33.3 cm³/mol. The van der Waals surface area contributed by atoms with E-state index in [2.05, 4.69) is 0 Å². The monoisotopic (exact) mass is 572 g/mol. The number of hydrogen-bond acceptors (Lipinski definition) is 6. The zero-order valence-corrected chi connectivity index (χ0v) is 26.3. The first-order valence-electron chi connectivity index (χ1n) is 0. The third-order valence-corrected chi connectivity index (χ3v) is 0. The smallest absolute Gasteiger partial charge is 0.870 e. The molecule has 0 amide bonds.